The molecule has 0 spiro atoms. The summed E-state index contributed by atoms with van der Waals surface area (Å²) in [5.74, 6) is 4.44. The molecule has 13 nitrogen and oxygen atoms in total. The second kappa shape index (κ2) is 10.4. The average Bonchev–Trinajstić information content (AvgIpc) is 3.17. The zero-order valence-electron chi connectivity index (χ0n) is 20.9. The van der Waals surface area contributed by atoms with Crippen molar-refractivity contribution in [2.45, 2.75) is 24.7 Å². The zero-order chi connectivity index (χ0) is 27.9. The number of amides is 1. The number of thiophene rings is 1. The number of nitrogens with two attached hydrogens (primary N) is 2. The second-order valence-electron chi connectivity index (χ2n) is 9.02. The van der Waals surface area contributed by atoms with Crippen LogP contribution >= 0.6 is 22.9 Å². The first kappa shape index (κ1) is 26.8. The number of carbonyl (C=O) groups is 3. The first-order chi connectivity index (χ1) is 18.8. The smallest absolute Gasteiger partial charge is 0.320 e. The lowest BCUT2D eigenvalue weighted by Gasteiger charge is -2.30. The highest BCUT2D eigenvalue weighted by atomic mass is 35.5. The van der Waals surface area contributed by atoms with Crippen molar-refractivity contribution in [1.29, 1.82) is 0 Å². The van der Waals surface area contributed by atoms with Crippen LogP contribution in [0.1, 0.15) is 23.2 Å². The van der Waals surface area contributed by atoms with Gasteiger partial charge in [0, 0.05) is 20.0 Å². The van der Waals surface area contributed by atoms with E-state index in [1.54, 1.807) is 23.7 Å². The maximum atomic E-state index is 13.1. The molecule has 0 aliphatic heterocycles. The Balaban J connectivity index is 1.63. The van der Waals surface area contributed by atoms with Gasteiger partial charge < -0.3 is 36.1 Å². The lowest BCUT2D eigenvalue weighted by atomic mass is 9.97. The Morgan fingerprint density at radius 3 is 2.56 bits per heavy atom. The predicted molar refractivity (Wildman–Crippen MR) is 142 cm³/mol. The van der Waals surface area contributed by atoms with Gasteiger partial charge in [-0.25, -0.2) is 15.0 Å². The van der Waals surface area contributed by atoms with Gasteiger partial charge in [0.1, 0.15) is 0 Å². The number of nitrogens with one attached hydrogen (secondary N) is 2. The van der Waals surface area contributed by atoms with Crippen molar-refractivity contribution in [2.75, 3.05) is 32.5 Å². The van der Waals surface area contributed by atoms with E-state index in [2.05, 4.69) is 37.4 Å². The summed E-state index contributed by atoms with van der Waals surface area (Å²) in [6.07, 6.45) is -0.234. The number of hydrogen-bond acceptors (Lipinski definition) is 12. The first-order valence-electron chi connectivity index (χ1n) is 12.0. The molecule has 1 amide bonds. The minimum absolute atomic E-state index is 0.214. The number of carbonyl (C=O) groups excluding carboxylic acids is 3. The Morgan fingerprint density at radius 2 is 1.92 bits per heavy atom. The standard InChI is InChI=1S/C24H25ClN8O5S/c1-28-21-17-22(32-14(31-21)6-4-11-3-5-13(25)39-11)33(10-30-17)18-12-7-24(12,23(36)29-2)20(38-16(35)9-27)19(18)37-15(34)8-26/h3,5,10,12,18-20H,7-9,26-27H2,1-2H3,(H,29,36)(H,28,31,32)/t12?,18?,19?,20-,24?/m0/s1. The van der Waals surface area contributed by atoms with Crippen molar-refractivity contribution >= 4 is 57.8 Å². The number of aromatic nitrogens is 4. The molecule has 5 atom stereocenters. The Bertz CT molecular complexity index is 1530. The third kappa shape index (κ3) is 4.57. The van der Waals surface area contributed by atoms with Gasteiger partial charge in [-0.15, -0.1) is 11.3 Å². The number of rotatable bonds is 7. The van der Waals surface area contributed by atoms with Crippen molar-refractivity contribution in [3.63, 3.8) is 0 Å². The SMILES string of the molecule is CNC(=O)C12CC1C(n1cnc3c(NC)nc(C#Cc4ccc(Cl)s4)nc31)C(OC(=O)CN)[C@@H]2OC(=O)CN. The van der Waals surface area contributed by atoms with E-state index in [0.29, 0.717) is 27.7 Å². The first-order valence-corrected chi connectivity index (χ1v) is 13.2. The molecule has 0 saturated heterocycles. The molecule has 39 heavy (non-hydrogen) atoms. The molecule has 2 aliphatic carbocycles. The molecule has 5 rings (SSSR count). The topological polar surface area (TPSA) is 189 Å². The average molecular weight is 573 g/mol. The molecule has 2 saturated carbocycles. The molecule has 0 bridgehead atoms. The molecule has 15 heteroatoms. The molecular formula is C24H25ClN8O5S. The number of imidazole rings is 1. The number of nitrogens with zero attached hydrogens (tertiary/aromatic N) is 4. The lowest BCUT2D eigenvalue weighted by molar-refractivity contribution is -0.172. The summed E-state index contributed by atoms with van der Waals surface area (Å²) < 4.78 is 13.7. The van der Waals surface area contributed by atoms with Crippen LogP contribution in [0.2, 0.25) is 4.34 Å². The Kier molecular flexibility index (Phi) is 7.17. The number of anilines is 1. The summed E-state index contributed by atoms with van der Waals surface area (Å²) in [5, 5.41) is 5.65. The fraction of sp³-hybridized carbons (Fsp3) is 0.417. The van der Waals surface area contributed by atoms with Crippen molar-refractivity contribution in [1.82, 2.24) is 24.8 Å². The van der Waals surface area contributed by atoms with Crippen molar-refractivity contribution in [3.8, 4) is 11.8 Å². The maximum Gasteiger partial charge on any atom is 0.320 e. The van der Waals surface area contributed by atoms with E-state index >= 15 is 0 Å². The fourth-order valence-corrected chi connectivity index (χ4v) is 6.19. The highest BCUT2D eigenvalue weighted by Gasteiger charge is 2.78. The summed E-state index contributed by atoms with van der Waals surface area (Å²) in [6, 6.07) is 2.89. The van der Waals surface area contributed by atoms with Gasteiger partial charge in [-0.3, -0.25) is 14.4 Å². The fourth-order valence-electron chi connectivity index (χ4n) is 5.29. The highest BCUT2D eigenvalue weighted by molar-refractivity contribution is 7.16. The minimum atomic E-state index is -1.12. The van der Waals surface area contributed by atoms with Gasteiger partial charge >= 0.3 is 11.9 Å². The summed E-state index contributed by atoms with van der Waals surface area (Å²) in [6.45, 7) is -0.806. The van der Waals surface area contributed by atoms with Crippen LogP contribution in [0.3, 0.4) is 0 Å². The van der Waals surface area contributed by atoms with Crippen LogP contribution in [-0.2, 0) is 23.9 Å². The normalized spacial score (nSPS) is 24.8. The number of ether oxygens (including phenoxy) is 2. The van der Waals surface area contributed by atoms with Gasteiger partial charge in [-0.1, -0.05) is 11.6 Å². The van der Waals surface area contributed by atoms with E-state index in [1.807, 2.05) is 0 Å². The summed E-state index contributed by atoms with van der Waals surface area (Å²) in [5.41, 5.74) is 10.7. The molecule has 0 aromatic carbocycles. The van der Waals surface area contributed by atoms with E-state index in [4.69, 9.17) is 32.5 Å². The molecule has 6 N–H and O–H groups in total. The monoisotopic (exact) mass is 572 g/mol. The molecule has 2 fully saturated rings. The molecule has 0 radical (unpaired) electrons. The summed E-state index contributed by atoms with van der Waals surface area (Å²) >= 11 is 7.34. The van der Waals surface area contributed by atoms with Crippen LogP contribution in [-0.4, -0.2) is 76.8 Å². The molecule has 3 heterocycles. The van der Waals surface area contributed by atoms with E-state index in [9.17, 15) is 14.4 Å². The summed E-state index contributed by atoms with van der Waals surface area (Å²) in [7, 11) is 3.19. The van der Waals surface area contributed by atoms with E-state index < -0.39 is 48.7 Å². The van der Waals surface area contributed by atoms with Crippen LogP contribution in [0.5, 0.6) is 0 Å². The van der Waals surface area contributed by atoms with Gasteiger partial charge in [0.05, 0.1) is 40.1 Å². The van der Waals surface area contributed by atoms with Gasteiger partial charge in [-0.2, -0.15) is 0 Å². The minimum Gasteiger partial charge on any atom is -0.456 e. The van der Waals surface area contributed by atoms with Crippen molar-refractivity contribution in [2.24, 2.45) is 22.8 Å². The van der Waals surface area contributed by atoms with Crippen molar-refractivity contribution < 1.29 is 23.9 Å². The van der Waals surface area contributed by atoms with Gasteiger partial charge in [0.25, 0.3) is 0 Å². The lowest BCUT2D eigenvalue weighted by Crippen LogP contribution is -2.47. The van der Waals surface area contributed by atoms with Crippen LogP contribution in [0, 0.1) is 23.2 Å². The van der Waals surface area contributed by atoms with E-state index in [-0.39, 0.29) is 17.6 Å². The Labute approximate surface area is 231 Å². The van der Waals surface area contributed by atoms with E-state index in [0.717, 1.165) is 4.88 Å². The molecule has 2 aliphatic rings. The number of hydrogen-bond donors (Lipinski definition) is 4. The van der Waals surface area contributed by atoms with Crippen LogP contribution in [0.25, 0.3) is 11.2 Å². The second-order valence-corrected chi connectivity index (χ2v) is 10.7. The van der Waals surface area contributed by atoms with Crippen LogP contribution in [0.15, 0.2) is 18.5 Å². The maximum absolute atomic E-state index is 13.1. The number of fused-ring (bicyclic) bond motifs is 2. The predicted octanol–water partition coefficient (Wildman–Crippen LogP) is 0.0307. The largest absolute Gasteiger partial charge is 0.456 e. The Morgan fingerprint density at radius 1 is 1.18 bits per heavy atom. The van der Waals surface area contributed by atoms with Crippen LogP contribution < -0.4 is 22.1 Å². The molecular weight excluding hydrogens is 548 g/mol. The molecule has 3 aromatic heterocycles. The summed E-state index contributed by atoms with van der Waals surface area (Å²) in [4.78, 5) is 52.1. The third-order valence-electron chi connectivity index (χ3n) is 6.97. The van der Waals surface area contributed by atoms with Gasteiger partial charge in [-0.05, 0) is 30.4 Å². The molecule has 204 valence electrons. The van der Waals surface area contributed by atoms with Gasteiger partial charge in [0.2, 0.25) is 11.7 Å². The highest BCUT2D eigenvalue weighted by Crippen LogP contribution is 2.69. The Hall–Kier alpha value is -3.77. The zero-order valence-corrected chi connectivity index (χ0v) is 22.5. The van der Waals surface area contributed by atoms with Gasteiger partial charge in [0.15, 0.2) is 29.2 Å². The number of halogens is 1. The third-order valence-corrected chi connectivity index (χ3v) is 8.12. The molecule has 3 aromatic rings. The van der Waals surface area contributed by atoms with Crippen molar-refractivity contribution in [3.05, 3.63) is 33.5 Å². The number of esters is 2. The van der Waals surface area contributed by atoms with Crippen LogP contribution in [0.4, 0.5) is 5.82 Å². The van der Waals surface area contributed by atoms with E-state index in [1.165, 1.54) is 24.7 Å². The quantitative estimate of drug-likeness (QED) is 0.221. The molecule has 4 unspecified atom stereocenters.